The smallest absolute Gasteiger partial charge is 0.192 e. The van der Waals surface area contributed by atoms with Crippen LogP contribution in [0.15, 0.2) is 24.3 Å². The maximum Gasteiger partial charge on any atom is 0.192 e. The highest BCUT2D eigenvalue weighted by atomic mass is 28.4. The molecule has 0 N–H and O–H groups in total. The number of hydrogen-bond donors (Lipinski definition) is 0. The van der Waals surface area contributed by atoms with Crippen LogP contribution in [-0.4, -0.2) is 13.3 Å². The Kier molecular flexibility index (Phi) is 6.61. The van der Waals surface area contributed by atoms with E-state index in [1.807, 2.05) is 0 Å². The van der Waals surface area contributed by atoms with Crippen LogP contribution in [0.1, 0.15) is 138 Å². The lowest BCUT2D eigenvalue weighted by Gasteiger charge is -2.45. The second-order valence-electron chi connectivity index (χ2n) is 14.8. The molecule has 0 radical (unpaired) electrons. The fraction of sp³-hybridized carbons (Fsp3) is 0.667. The van der Waals surface area contributed by atoms with Gasteiger partial charge < -0.3 is 9.16 Å². The van der Waals surface area contributed by atoms with Crippen LogP contribution in [0, 0.1) is 12.3 Å². The summed E-state index contributed by atoms with van der Waals surface area (Å²) in [5, 5.41) is 0.162. The van der Waals surface area contributed by atoms with Crippen molar-refractivity contribution >= 4 is 8.32 Å². The van der Waals surface area contributed by atoms with Crippen LogP contribution >= 0.6 is 0 Å². The van der Waals surface area contributed by atoms with Gasteiger partial charge in [0.2, 0.25) is 0 Å². The number of ether oxygens (including phenoxy) is 1. The molecule has 0 amide bonds. The van der Waals surface area contributed by atoms with Crippen molar-refractivity contribution in [3.63, 3.8) is 0 Å². The molecular formula is C33H49NO2Si. The zero-order chi connectivity index (χ0) is 27.0. The monoisotopic (exact) mass is 519 g/mol. The largest absolute Gasteiger partial charge is 0.410 e. The Morgan fingerprint density at radius 1 is 1.03 bits per heavy atom. The number of rotatable bonds is 4. The molecule has 1 unspecified atom stereocenters. The summed E-state index contributed by atoms with van der Waals surface area (Å²) in [5.41, 5.74) is 9.26. The molecule has 3 aliphatic rings. The van der Waals surface area contributed by atoms with Gasteiger partial charge in [-0.25, -0.2) is 0 Å². The first-order valence-corrected chi connectivity index (χ1v) is 17.5. The molecule has 5 rings (SSSR count). The summed E-state index contributed by atoms with van der Waals surface area (Å²) in [6, 6.07) is 9.00. The van der Waals surface area contributed by atoms with Crippen molar-refractivity contribution in [2.45, 2.75) is 136 Å². The SMILES string of the molecule is Cc1ccc([C@H]2OC3(CCCC3)c3c4c(nc(C(C)C)c32)CC(C)(C)CC4O[Si](C)(C)C(C)(C)C)cc1. The number of pyridine rings is 1. The van der Waals surface area contributed by atoms with Crippen LogP contribution in [0.25, 0.3) is 0 Å². The van der Waals surface area contributed by atoms with E-state index in [1.165, 1.54) is 52.0 Å². The first kappa shape index (κ1) is 27.1. The standard InChI is InChI=1S/C33H49NO2Si/c1-21(2)29-27-28(33(17-11-12-18-33)35-30(27)23-15-13-22(3)14-16-23)26-24(34-29)19-32(7,8)20-25(26)36-37(9,10)31(4,5)6/h13-16,21,25,30H,11-12,17-20H2,1-10H3/t25?,30-/m1/s1. The molecule has 37 heavy (non-hydrogen) atoms. The minimum Gasteiger partial charge on any atom is -0.410 e. The predicted octanol–water partition coefficient (Wildman–Crippen LogP) is 9.44. The number of hydrogen-bond acceptors (Lipinski definition) is 3. The van der Waals surface area contributed by atoms with E-state index in [4.69, 9.17) is 14.1 Å². The van der Waals surface area contributed by atoms with E-state index in [9.17, 15) is 0 Å². The summed E-state index contributed by atoms with van der Waals surface area (Å²) in [7, 11) is -2.00. The number of aromatic nitrogens is 1. The first-order valence-electron chi connectivity index (χ1n) is 14.6. The van der Waals surface area contributed by atoms with Crippen molar-refractivity contribution in [3.05, 3.63) is 63.5 Å². The van der Waals surface area contributed by atoms with E-state index in [2.05, 4.69) is 92.7 Å². The summed E-state index contributed by atoms with van der Waals surface area (Å²) in [6.45, 7) is 23.4. The molecule has 2 aromatic rings. The van der Waals surface area contributed by atoms with Crippen molar-refractivity contribution in [1.82, 2.24) is 4.98 Å². The normalized spacial score (nSPS) is 24.5. The van der Waals surface area contributed by atoms with Gasteiger partial charge in [-0.2, -0.15) is 0 Å². The van der Waals surface area contributed by atoms with Gasteiger partial charge in [-0.05, 0) is 73.2 Å². The number of benzene rings is 1. The number of fused-ring (bicyclic) bond motifs is 4. The molecule has 4 heteroatoms. The maximum atomic E-state index is 7.33. The third-order valence-corrected chi connectivity index (χ3v) is 14.2. The van der Waals surface area contributed by atoms with E-state index in [1.54, 1.807) is 0 Å². The molecule has 2 atom stereocenters. The lowest BCUT2D eigenvalue weighted by molar-refractivity contribution is -0.0579. The van der Waals surface area contributed by atoms with Crippen LogP contribution < -0.4 is 0 Å². The molecule has 2 aliphatic carbocycles. The van der Waals surface area contributed by atoms with E-state index in [-0.39, 0.29) is 28.3 Å². The van der Waals surface area contributed by atoms with Crippen molar-refractivity contribution in [2.24, 2.45) is 5.41 Å². The average Bonchev–Trinajstić information content (AvgIpc) is 3.37. The van der Waals surface area contributed by atoms with Gasteiger partial charge >= 0.3 is 0 Å². The molecule has 3 nitrogen and oxygen atoms in total. The fourth-order valence-corrected chi connectivity index (χ4v) is 8.02. The van der Waals surface area contributed by atoms with E-state index < -0.39 is 8.32 Å². The molecule has 1 saturated carbocycles. The minimum absolute atomic E-state index is 0.0487. The Morgan fingerprint density at radius 3 is 2.22 bits per heavy atom. The molecule has 1 aromatic heterocycles. The highest BCUT2D eigenvalue weighted by Crippen LogP contribution is 2.60. The minimum atomic E-state index is -2.00. The molecule has 1 fully saturated rings. The molecular weight excluding hydrogens is 470 g/mol. The molecule has 2 heterocycles. The van der Waals surface area contributed by atoms with E-state index >= 15 is 0 Å². The molecule has 1 aliphatic heterocycles. The average molecular weight is 520 g/mol. The summed E-state index contributed by atoms with van der Waals surface area (Å²) < 4.78 is 14.6. The van der Waals surface area contributed by atoms with Crippen molar-refractivity contribution in [3.8, 4) is 0 Å². The van der Waals surface area contributed by atoms with Gasteiger partial charge in [0.15, 0.2) is 8.32 Å². The molecule has 0 saturated heterocycles. The van der Waals surface area contributed by atoms with Crippen molar-refractivity contribution in [1.29, 1.82) is 0 Å². The predicted molar refractivity (Wildman–Crippen MR) is 156 cm³/mol. The summed E-state index contributed by atoms with van der Waals surface area (Å²) in [6.07, 6.45) is 6.76. The van der Waals surface area contributed by atoms with Crippen LogP contribution in [0.5, 0.6) is 0 Å². The third-order valence-electron chi connectivity index (χ3n) is 9.73. The van der Waals surface area contributed by atoms with Gasteiger partial charge in [0.1, 0.15) is 6.10 Å². The van der Waals surface area contributed by atoms with Crippen LogP contribution in [0.4, 0.5) is 0 Å². The Morgan fingerprint density at radius 2 is 1.65 bits per heavy atom. The van der Waals surface area contributed by atoms with Gasteiger partial charge in [0.05, 0.1) is 11.7 Å². The lowest BCUT2D eigenvalue weighted by atomic mass is 9.70. The van der Waals surface area contributed by atoms with E-state index in [0.29, 0.717) is 5.92 Å². The van der Waals surface area contributed by atoms with Gasteiger partial charge in [-0.3, -0.25) is 4.98 Å². The summed E-state index contributed by atoms with van der Waals surface area (Å²) in [4.78, 5) is 5.53. The van der Waals surface area contributed by atoms with Crippen molar-refractivity contribution in [2.75, 3.05) is 0 Å². The van der Waals surface area contributed by atoms with Gasteiger partial charge in [0.25, 0.3) is 0 Å². The fourth-order valence-electron chi connectivity index (χ4n) is 6.76. The molecule has 1 spiro atoms. The van der Waals surface area contributed by atoms with E-state index in [0.717, 1.165) is 25.7 Å². The lowest BCUT2D eigenvalue weighted by Crippen LogP contribution is -2.44. The molecule has 1 aromatic carbocycles. The second-order valence-corrected chi connectivity index (χ2v) is 19.6. The van der Waals surface area contributed by atoms with Crippen LogP contribution in [0.2, 0.25) is 18.1 Å². The zero-order valence-electron chi connectivity index (χ0n) is 25.0. The summed E-state index contributed by atoms with van der Waals surface area (Å²) in [5.74, 6) is 0.344. The highest BCUT2D eigenvalue weighted by molar-refractivity contribution is 6.74. The third kappa shape index (κ3) is 4.65. The topological polar surface area (TPSA) is 31.4 Å². The number of nitrogens with zero attached hydrogens (tertiary/aromatic N) is 1. The Labute approximate surface area is 226 Å². The van der Waals surface area contributed by atoms with Crippen molar-refractivity contribution < 1.29 is 9.16 Å². The summed E-state index contributed by atoms with van der Waals surface area (Å²) >= 11 is 0. The van der Waals surface area contributed by atoms with Crippen LogP contribution in [0.3, 0.4) is 0 Å². The number of aryl methyl sites for hydroxylation is 1. The maximum absolute atomic E-state index is 7.33. The second kappa shape index (κ2) is 9.03. The molecule has 202 valence electrons. The van der Waals surface area contributed by atoms with Crippen LogP contribution in [-0.2, 0) is 21.2 Å². The Balaban J connectivity index is 1.78. The van der Waals surface area contributed by atoms with Gasteiger partial charge in [-0.1, -0.05) is 91.1 Å². The highest BCUT2D eigenvalue weighted by Gasteiger charge is 2.54. The zero-order valence-corrected chi connectivity index (χ0v) is 26.0. The quantitative estimate of drug-likeness (QED) is 0.377. The van der Waals surface area contributed by atoms with Gasteiger partial charge in [-0.15, -0.1) is 0 Å². The van der Waals surface area contributed by atoms with Gasteiger partial charge in [0, 0.05) is 22.5 Å². The molecule has 0 bridgehead atoms. The first-order chi connectivity index (χ1) is 17.1. The Hall–Kier alpha value is -1.49. The Bertz CT molecular complexity index is 1170.